The quantitative estimate of drug-likeness (QED) is 0.729. The van der Waals surface area contributed by atoms with Crippen molar-refractivity contribution in [3.63, 3.8) is 0 Å². The molecule has 1 aromatic heterocycles. The molecular weight excluding hydrogens is 362 g/mol. The Morgan fingerprint density at radius 3 is 2.52 bits per heavy atom. The molecule has 0 bridgehead atoms. The monoisotopic (exact) mass is 389 g/mol. The number of aromatic nitrogens is 2. The van der Waals surface area contributed by atoms with Gasteiger partial charge in [0, 0.05) is 44.4 Å². The van der Waals surface area contributed by atoms with Crippen molar-refractivity contribution in [2.45, 2.75) is 37.7 Å². The van der Waals surface area contributed by atoms with Crippen molar-refractivity contribution in [3.8, 4) is 11.1 Å². The topological polar surface area (TPSA) is 50.4 Å². The Balaban J connectivity index is 1.25. The van der Waals surface area contributed by atoms with Crippen molar-refractivity contribution in [3.05, 3.63) is 77.6 Å². The predicted octanol–water partition coefficient (Wildman–Crippen LogP) is 4.11. The molecule has 1 unspecified atom stereocenters. The van der Waals surface area contributed by atoms with E-state index in [-0.39, 0.29) is 11.9 Å². The molecule has 0 aliphatic carbocycles. The van der Waals surface area contributed by atoms with Crippen LogP contribution in [-0.2, 0) is 28.0 Å². The van der Waals surface area contributed by atoms with Crippen LogP contribution in [0, 0.1) is 0 Å². The highest BCUT2D eigenvalue weighted by Gasteiger charge is 2.45. The van der Waals surface area contributed by atoms with Crippen LogP contribution in [0.2, 0.25) is 0 Å². The number of hydrogen-bond acceptors (Lipinski definition) is 4. The first kappa shape index (κ1) is 18.6. The van der Waals surface area contributed by atoms with Gasteiger partial charge in [-0.25, -0.2) is 0 Å². The number of hydrogen-bond donors (Lipinski definition) is 1. The molecule has 5 nitrogen and oxygen atoms in total. The van der Waals surface area contributed by atoms with E-state index in [1.165, 1.54) is 22.3 Å². The molecule has 1 N–H and O–H groups in total. The maximum atomic E-state index is 6.40. The van der Waals surface area contributed by atoms with Gasteiger partial charge in [0.05, 0.1) is 6.20 Å². The molecular formula is C24H27N3O2. The van der Waals surface area contributed by atoms with Crippen LogP contribution in [0.1, 0.15) is 29.7 Å². The summed E-state index contributed by atoms with van der Waals surface area (Å²) in [7, 11) is 1.72. The molecule has 1 fully saturated rings. The van der Waals surface area contributed by atoms with E-state index in [2.05, 4.69) is 69.7 Å². The van der Waals surface area contributed by atoms with Gasteiger partial charge in [0.1, 0.15) is 5.60 Å². The van der Waals surface area contributed by atoms with Gasteiger partial charge in [-0.3, -0.25) is 10.00 Å². The Bertz CT molecular complexity index is 944. The smallest absolute Gasteiger partial charge is 0.163 e. The number of benzene rings is 2. The van der Waals surface area contributed by atoms with Crippen LogP contribution in [0.15, 0.2) is 60.8 Å². The van der Waals surface area contributed by atoms with Crippen LogP contribution in [0.3, 0.4) is 0 Å². The molecule has 3 heterocycles. The molecule has 2 aromatic carbocycles. The fourth-order valence-corrected chi connectivity index (χ4v) is 4.67. The van der Waals surface area contributed by atoms with Crippen molar-refractivity contribution >= 4 is 0 Å². The zero-order valence-corrected chi connectivity index (χ0v) is 16.8. The zero-order valence-electron chi connectivity index (χ0n) is 16.8. The van der Waals surface area contributed by atoms with Gasteiger partial charge in [0.15, 0.2) is 6.29 Å². The van der Waals surface area contributed by atoms with E-state index < -0.39 is 0 Å². The summed E-state index contributed by atoms with van der Waals surface area (Å²) in [6.45, 7) is 2.97. The summed E-state index contributed by atoms with van der Waals surface area (Å²) in [4.78, 5) is 2.52. The first-order valence-corrected chi connectivity index (χ1v) is 10.4. The second kappa shape index (κ2) is 7.75. The van der Waals surface area contributed by atoms with Crippen LogP contribution in [0.4, 0.5) is 0 Å². The highest BCUT2D eigenvalue weighted by molar-refractivity contribution is 5.63. The number of fused-ring (bicyclic) bond motifs is 2. The fraction of sp³-hybridized carbons (Fsp3) is 0.375. The molecule has 1 spiro atoms. The summed E-state index contributed by atoms with van der Waals surface area (Å²) in [6.07, 6.45) is 4.41. The van der Waals surface area contributed by atoms with Gasteiger partial charge in [0.2, 0.25) is 0 Å². The van der Waals surface area contributed by atoms with Crippen molar-refractivity contribution < 1.29 is 9.47 Å². The highest BCUT2D eigenvalue weighted by Crippen LogP contribution is 2.43. The van der Waals surface area contributed by atoms with Crippen molar-refractivity contribution in [2.75, 3.05) is 20.2 Å². The lowest BCUT2D eigenvalue weighted by atomic mass is 9.82. The van der Waals surface area contributed by atoms with E-state index in [0.29, 0.717) is 0 Å². The molecule has 0 radical (unpaired) electrons. The Kier molecular flexibility index (Phi) is 4.96. The number of piperidine rings is 1. The highest BCUT2D eigenvalue weighted by atomic mass is 16.7. The average molecular weight is 389 g/mol. The summed E-state index contributed by atoms with van der Waals surface area (Å²) < 4.78 is 11.9. The third-order valence-corrected chi connectivity index (χ3v) is 6.33. The zero-order chi connectivity index (χ0) is 19.7. The number of rotatable bonds is 4. The fourth-order valence-electron chi connectivity index (χ4n) is 4.67. The van der Waals surface area contributed by atoms with Crippen molar-refractivity contribution in [1.82, 2.24) is 15.1 Å². The van der Waals surface area contributed by atoms with Crippen LogP contribution < -0.4 is 0 Å². The van der Waals surface area contributed by atoms with Crippen molar-refractivity contribution in [1.29, 1.82) is 0 Å². The van der Waals surface area contributed by atoms with E-state index in [0.717, 1.165) is 44.6 Å². The van der Waals surface area contributed by atoms with E-state index in [1.807, 2.05) is 6.20 Å². The molecule has 1 saturated heterocycles. The minimum absolute atomic E-state index is 0.194. The van der Waals surface area contributed by atoms with Gasteiger partial charge in [-0.1, -0.05) is 54.6 Å². The standard InChI is InChI=1S/C24H27N3O2/c1-28-23-15-22-21(16-25-26-22)24(29-23)11-13-27(14-12-24)17-18-7-9-20(10-8-18)19-5-3-2-4-6-19/h2-10,16,23H,11-15,17H2,1H3,(H,25,26). The molecule has 5 heteroatoms. The Morgan fingerprint density at radius 1 is 1.07 bits per heavy atom. The Hall–Kier alpha value is -2.47. The first-order chi connectivity index (χ1) is 14.3. The normalized spacial score (nSPS) is 21.2. The van der Waals surface area contributed by atoms with Crippen LogP contribution >= 0.6 is 0 Å². The van der Waals surface area contributed by atoms with Gasteiger partial charge < -0.3 is 9.47 Å². The number of nitrogens with zero attached hydrogens (tertiary/aromatic N) is 2. The molecule has 150 valence electrons. The second-order valence-corrected chi connectivity index (χ2v) is 8.08. The van der Waals surface area contributed by atoms with E-state index in [9.17, 15) is 0 Å². The van der Waals surface area contributed by atoms with E-state index >= 15 is 0 Å². The van der Waals surface area contributed by atoms with Crippen LogP contribution in [0.5, 0.6) is 0 Å². The molecule has 2 aliphatic heterocycles. The largest absolute Gasteiger partial charge is 0.355 e. The third kappa shape index (κ3) is 3.62. The maximum absolute atomic E-state index is 6.40. The van der Waals surface area contributed by atoms with Gasteiger partial charge in [-0.2, -0.15) is 5.10 Å². The molecule has 5 rings (SSSR count). The summed E-state index contributed by atoms with van der Waals surface area (Å²) in [5, 5.41) is 7.41. The van der Waals surface area contributed by atoms with Gasteiger partial charge >= 0.3 is 0 Å². The number of nitrogens with one attached hydrogen (secondary N) is 1. The molecule has 29 heavy (non-hydrogen) atoms. The molecule has 2 aliphatic rings. The van der Waals surface area contributed by atoms with E-state index in [4.69, 9.17) is 9.47 Å². The Labute approximate surface area is 171 Å². The lowest BCUT2D eigenvalue weighted by Gasteiger charge is -2.45. The van der Waals surface area contributed by atoms with Gasteiger partial charge in [-0.15, -0.1) is 0 Å². The minimum Gasteiger partial charge on any atom is -0.355 e. The van der Waals surface area contributed by atoms with E-state index in [1.54, 1.807) is 7.11 Å². The lowest BCUT2D eigenvalue weighted by Crippen LogP contribution is -2.48. The summed E-state index contributed by atoms with van der Waals surface area (Å²) >= 11 is 0. The number of aromatic amines is 1. The maximum Gasteiger partial charge on any atom is 0.163 e. The molecule has 0 amide bonds. The molecule has 3 aromatic rings. The lowest BCUT2D eigenvalue weighted by molar-refractivity contribution is -0.227. The average Bonchev–Trinajstić information content (AvgIpc) is 3.26. The van der Waals surface area contributed by atoms with Crippen LogP contribution in [0.25, 0.3) is 11.1 Å². The molecule has 0 saturated carbocycles. The van der Waals surface area contributed by atoms with Crippen LogP contribution in [-0.4, -0.2) is 41.6 Å². The molecule has 1 atom stereocenters. The third-order valence-electron chi connectivity index (χ3n) is 6.33. The predicted molar refractivity (Wildman–Crippen MR) is 112 cm³/mol. The first-order valence-electron chi connectivity index (χ1n) is 10.4. The van der Waals surface area contributed by atoms with Crippen molar-refractivity contribution in [2.24, 2.45) is 0 Å². The SMILES string of the molecule is COC1Cc2[nH]ncc2C2(CCN(Cc3ccc(-c4ccccc4)cc3)CC2)O1. The Morgan fingerprint density at radius 2 is 1.79 bits per heavy atom. The number of methoxy groups -OCH3 is 1. The summed E-state index contributed by atoms with van der Waals surface area (Å²) in [5.74, 6) is 0. The number of H-pyrrole nitrogens is 1. The van der Waals surface area contributed by atoms with Gasteiger partial charge in [-0.05, 0) is 29.5 Å². The number of likely N-dealkylation sites (tertiary alicyclic amines) is 1. The summed E-state index contributed by atoms with van der Waals surface area (Å²) in [5.41, 5.74) is 5.99. The van der Waals surface area contributed by atoms with Gasteiger partial charge in [0.25, 0.3) is 0 Å². The summed E-state index contributed by atoms with van der Waals surface area (Å²) in [6, 6.07) is 19.5. The minimum atomic E-state index is -0.269. The number of ether oxygens (including phenoxy) is 2. The second-order valence-electron chi connectivity index (χ2n) is 8.08.